The molecule has 1 aromatic rings. The topological polar surface area (TPSA) is 20.2 Å². The van der Waals surface area contributed by atoms with E-state index in [9.17, 15) is 13.2 Å². The van der Waals surface area contributed by atoms with E-state index in [0.717, 1.165) is 25.0 Å². The minimum Gasteiger partial charge on any atom is -0.507 e. The normalized spacial score (nSPS) is 13.8. The zero-order valence-electron chi connectivity index (χ0n) is 9.30. The molecule has 16 heavy (non-hydrogen) atoms. The maximum Gasteiger partial charge on any atom is 0.419 e. The molecule has 1 nitrogen and oxygen atoms in total. The molecule has 0 spiro atoms. The van der Waals surface area contributed by atoms with Crippen LogP contribution in [-0.4, -0.2) is 5.11 Å². The number of phenols is 1. The van der Waals surface area contributed by atoms with Crippen LogP contribution in [-0.2, 0) is 6.18 Å². The summed E-state index contributed by atoms with van der Waals surface area (Å²) in [4.78, 5) is 0. The number of aromatic hydroxyl groups is 1. The van der Waals surface area contributed by atoms with E-state index in [1.165, 1.54) is 0 Å². The van der Waals surface area contributed by atoms with Gasteiger partial charge in [0, 0.05) is 0 Å². The van der Waals surface area contributed by atoms with Crippen molar-refractivity contribution in [3.63, 3.8) is 0 Å². The largest absolute Gasteiger partial charge is 0.507 e. The highest BCUT2D eigenvalue weighted by molar-refractivity contribution is 5.39. The molecule has 1 aromatic carbocycles. The quantitative estimate of drug-likeness (QED) is 0.823. The second-order valence-electron chi connectivity index (χ2n) is 3.96. The molecule has 0 amide bonds. The summed E-state index contributed by atoms with van der Waals surface area (Å²) in [6.45, 7) is 3.87. The summed E-state index contributed by atoms with van der Waals surface area (Å²) in [5.41, 5.74) is -0.333. The van der Waals surface area contributed by atoms with Crippen LogP contribution in [0.1, 0.15) is 43.7 Å². The van der Waals surface area contributed by atoms with Crippen LogP contribution in [0.2, 0.25) is 0 Å². The van der Waals surface area contributed by atoms with Gasteiger partial charge in [-0.3, -0.25) is 0 Å². The highest BCUT2D eigenvalue weighted by Gasteiger charge is 2.34. The first kappa shape index (κ1) is 12.9. The van der Waals surface area contributed by atoms with Crippen LogP contribution < -0.4 is 0 Å². The maximum absolute atomic E-state index is 12.5. The minimum absolute atomic E-state index is 0.0756. The van der Waals surface area contributed by atoms with Crippen LogP contribution in [0.15, 0.2) is 18.2 Å². The first-order chi connectivity index (χ1) is 7.36. The van der Waals surface area contributed by atoms with Crippen molar-refractivity contribution in [2.75, 3.05) is 0 Å². The molecule has 0 bridgehead atoms. The lowest BCUT2D eigenvalue weighted by atomic mass is 9.94. The molecule has 0 saturated carbocycles. The lowest BCUT2D eigenvalue weighted by Crippen LogP contribution is -2.06. The second kappa shape index (κ2) is 4.76. The molecule has 4 heteroatoms. The molecule has 0 saturated heterocycles. The van der Waals surface area contributed by atoms with Gasteiger partial charge in [-0.2, -0.15) is 13.2 Å². The molecule has 1 rings (SSSR count). The fourth-order valence-electron chi connectivity index (χ4n) is 1.69. The summed E-state index contributed by atoms with van der Waals surface area (Å²) in [7, 11) is 0. The van der Waals surface area contributed by atoms with Gasteiger partial charge in [0.1, 0.15) is 5.75 Å². The van der Waals surface area contributed by atoms with E-state index < -0.39 is 17.5 Å². The van der Waals surface area contributed by atoms with Crippen molar-refractivity contribution in [2.24, 2.45) is 0 Å². The van der Waals surface area contributed by atoms with E-state index in [-0.39, 0.29) is 5.92 Å². The van der Waals surface area contributed by atoms with E-state index in [2.05, 4.69) is 0 Å². The summed E-state index contributed by atoms with van der Waals surface area (Å²) >= 11 is 0. The van der Waals surface area contributed by atoms with Gasteiger partial charge >= 0.3 is 6.18 Å². The average molecular weight is 232 g/mol. The first-order valence-corrected chi connectivity index (χ1v) is 5.26. The monoisotopic (exact) mass is 232 g/mol. The lowest BCUT2D eigenvalue weighted by molar-refractivity contribution is -0.138. The zero-order valence-corrected chi connectivity index (χ0v) is 9.30. The average Bonchev–Trinajstić information content (AvgIpc) is 2.16. The third kappa shape index (κ3) is 2.90. The Morgan fingerprint density at radius 3 is 2.44 bits per heavy atom. The molecule has 0 aliphatic carbocycles. The van der Waals surface area contributed by atoms with E-state index in [1.54, 1.807) is 6.07 Å². The van der Waals surface area contributed by atoms with Gasteiger partial charge in [-0.25, -0.2) is 0 Å². The molecule has 0 fully saturated rings. The Hall–Kier alpha value is -1.19. The summed E-state index contributed by atoms with van der Waals surface area (Å²) in [5.74, 6) is -0.633. The Labute approximate surface area is 92.9 Å². The Morgan fingerprint density at radius 2 is 1.94 bits per heavy atom. The molecular formula is C12H15F3O. The molecular weight excluding hydrogens is 217 g/mol. The highest BCUT2D eigenvalue weighted by Crippen LogP contribution is 2.37. The van der Waals surface area contributed by atoms with Gasteiger partial charge in [0.2, 0.25) is 0 Å². The van der Waals surface area contributed by atoms with Crippen molar-refractivity contribution in [1.29, 1.82) is 0 Å². The molecule has 90 valence electrons. The Balaban J connectivity index is 3.07. The van der Waals surface area contributed by atoms with Crippen molar-refractivity contribution in [3.05, 3.63) is 29.3 Å². The predicted octanol–water partition coefficient (Wildman–Crippen LogP) is 4.31. The fraction of sp³-hybridized carbons (Fsp3) is 0.500. The van der Waals surface area contributed by atoms with E-state index in [4.69, 9.17) is 5.11 Å². The lowest BCUT2D eigenvalue weighted by Gasteiger charge is -2.14. The van der Waals surface area contributed by atoms with Crippen molar-refractivity contribution < 1.29 is 18.3 Å². The standard InChI is InChI=1S/C12H15F3O/c1-3-4-8(2)9-5-6-11(16)10(7-9)12(13,14)15/h5-8,16H,3-4H2,1-2H3. The van der Waals surface area contributed by atoms with Crippen LogP contribution in [0.5, 0.6) is 5.75 Å². The van der Waals surface area contributed by atoms with Crippen molar-refractivity contribution in [3.8, 4) is 5.75 Å². The molecule has 0 heterocycles. The van der Waals surface area contributed by atoms with Crippen molar-refractivity contribution >= 4 is 0 Å². The summed E-state index contributed by atoms with van der Waals surface area (Å²) in [5, 5.41) is 9.16. The number of halogens is 3. The maximum atomic E-state index is 12.5. The van der Waals surface area contributed by atoms with Gasteiger partial charge in [0.15, 0.2) is 0 Å². The van der Waals surface area contributed by atoms with Crippen molar-refractivity contribution in [1.82, 2.24) is 0 Å². The molecule has 0 aliphatic heterocycles. The summed E-state index contributed by atoms with van der Waals surface area (Å²) in [6.07, 6.45) is -2.74. The van der Waals surface area contributed by atoms with Crippen LogP contribution in [0, 0.1) is 0 Å². The number of hydrogen-bond acceptors (Lipinski definition) is 1. The third-order valence-corrected chi connectivity index (χ3v) is 2.62. The number of rotatable bonds is 3. The second-order valence-corrected chi connectivity index (χ2v) is 3.96. The molecule has 0 aliphatic rings. The molecule has 0 radical (unpaired) electrons. The molecule has 1 atom stereocenters. The number of hydrogen-bond donors (Lipinski definition) is 1. The SMILES string of the molecule is CCCC(C)c1ccc(O)c(C(F)(F)F)c1. The summed E-state index contributed by atoms with van der Waals surface area (Å²) in [6, 6.07) is 3.70. The van der Waals surface area contributed by atoms with Gasteiger partial charge in [0.05, 0.1) is 5.56 Å². The molecule has 0 aromatic heterocycles. The number of benzene rings is 1. The molecule has 1 N–H and O–H groups in total. The van der Waals surface area contributed by atoms with Crippen LogP contribution in [0.25, 0.3) is 0 Å². The van der Waals surface area contributed by atoms with Crippen LogP contribution in [0.4, 0.5) is 13.2 Å². The number of phenolic OH excluding ortho intramolecular Hbond substituents is 1. The molecule has 1 unspecified atom stereocenters. The van der Waals surface area contributed by atoms with Gasteiger partial charge in [0.25, 0.3) is 0 Å². The fourth-order valence-corrected chi connectivity index (χ4v) is 1.69. The first-order valence-electron chi connectivity index (χ1n) is 5.26. The van der Waals surface area contributed by atoms with E-state index in [0.29, 0.717) is 5.56 Å². The highest BCUT2D eigenvalue weighted by atomic mass is 19.4. The third-order valence-electron chi connectivity index (χ3n) is 2.62. The zero-order chi connectivity index (χ0) is 12.3. The van der Waals surface area contributed by atoms with Crippen LogP contribution in [0.3, 0.4) is 0 Å². The van der Waals surface area contributed by atoms with Gasteiger partial charge in [-0.05, 0) is 30.0 Å². The minimum atomic E-state index is -4.49. The van der Waals surface area contributed by atoms with E-state index >= 15 is 0 Å². The van der Waals surface area contributed by atoms with Gasteiger partial charge < -0.3 is 5.11 Å². The van der Waals surface area contributed by atoms with E-state index in [1.807, 2.05) is 13.8 Å². The van der Waals surface area contributed by atoms with Gasteiger partial charge in [-0.1, -0.05) is 26.3 Å². The Kier molecular flexibility index (Phi) is 3.83. The number of alkyl halides is 3. The smallest absolute Gasteiger partial charge is 0.419 e. The predicted molar refractivity (Wildman–Crippen MR) is 56.4 cm³/mol. The van der Waals surface area contributed by atoms with Crippen molar-refractivity contribution in [2.45, 2.75) is 38.8 Å². The van der Waals surface area contributed by atoms with Crippen LogP contribution >= 0.6 is 0 Å². The Morgan fingerprint density at radius 1 is 1.31 bits per heavy atom. The Bertz CT molecular complexity index is 358. The van der Waals surface area contributed by atoms with Gasteiger partial charge in [-0.15, -0.1) is 0 Å². The summed E-state index contributed by atoms with van der Waals surface area (Å²) < 4.78 is 37.6.